The molecule has 1 aromatic carbocycles. The molecule has 0 aliphatic carbocycles. The number of aliphatic hydroxyl groups is 1. The summed E-state index contributed by atoms with van der Waals surface area (Å²) in [6.45, 7) is 1.14. The summed E-state index contributed by atoms with van der Waals surface area (Å²) in [5.74, 6) is 0. The Morgan fingerprint density at radius 1 is 1.47 bits per heavy atom. The van der Waals surface area contributed by atoms with Crippen LogP contribution in [-0.2, 0) is 4.74 Å². The van der Waals surface area contributed by atoms with Gasteiger partial charge in [0.15, 0.2) is 6.29 Å². The van der Waals surface area contributed by atoms with Gasteiger partial charge in [0.05, 0.1) is 18.1 Å². The van der Waals surface area contributed by atoms with Crippen LogP contribution in [0.15, 0.2) is 18.2 Å². The lowest BCUT2D eigenvalue weighted by molar-refractivity contribution is -0.384. The van der Waals surface area contributed by atoms with Crippen LogP contribution in [0, 0.1) is 10.1 Å². The number of non-ortho nitro benzene ring substituents is 1. The van der Waals surface area contributed by atoms with E-state index in [1.54, 1.807) is 12.0 Å². The third-order valence-corrected chi connectivity index (χ3v) is 2.62. The van der Waals surface area contributed by atoms with Crippen LogP contribution in [0.25, 0.3) is 0 Å². The minimum atomic E-state index is -0.553. The van der Waals surface area contributed by atoms with E-state index in [0.29, 0.717) is 31.7 Å². The third kappa shape index (κ3) is 4.01. The number of rotatable bonds is 8. The Morgan fingerprint density at radius 2 is 2.21 bits per heavy atom. The highest BCUT2D eigenvalue weighted by Gasteiger charge is 2.15. The molecule has 7 heteroatoms. The van der Waals surface area contributed by atoms with Gasteiger partial charge in [-0.05, 0) is 6.07 Å². The standard InChI is InChI=1S/C12H16N2O5/c1-19-7-5-13(4-6-15)12-3-2-11(14(17)18)8-10(12)9-16/h2-3,8-9,15H,4-7H2,1H3. The quantitative estimate of drug-likeness (QED) is 0.427. The molecule has 0 aromatic heterocycles. The van der Waals surface area contributed by atoms with Gasteiger partial charge in [0, 0.05) is 43.6 Å². The SMILES string of the molecule is COCCN(CCO)c1ccc([N+](=O)[O-])cc1C=O. The fourth-order valence-corrected chi connectivity index (χ4v) is 1.71. The molecule has 0 fully saturated rings. The zero-order valence-corrected chi connectivity index (χ0v) is 10.6. The molecule has 7 nitrogen and oxygen atoms in total. The predicted molar refractivity (Wildman–Crippen MR) is 69.7 cm³/mol. The Morgan fingerprint density at radius 3 is 2.74 bits per heavy atom. The molecule has 0 saturated carbocycles. The predicted octanol–water partition coefficient (Wildman–Crippen LogP) is 0.852. The number of nitro benzene ring substituents is 1. The van der Waals surface area contributed by atoms with Crippen molar-refractivity contribution in [2.75, 3.05) is 38.3 Å². The number of aliphatic hydroxyl groups excluding tert-OH is 1. The van der Waals surface area contributed by atoms with E-state index in [1.807, 2.05) is 0 Å². The van der Waals surface area contributed by atoms with E-state index in [2.05, 4.69) is 0 Å². The van der Waals surface area contributed by atoms with E-state index >= 15 is 0 Å². The molecular formula is C12H16N2O5. The Bertz CT molecular complexity index is 450. The van der Waals surface area contributed by atoms with Gasteiger partial charge in [-0.3, -0.25) is 14.9 Å². The summed E-state index contributed by atoms with van der Waals surface area (Å²) in [5, 5.41) is 19.7. The molecule has 19 heavy (non-hydrogen) atoms. The minimum Gasteiger partial charge on any atom is -0.395 e. The fraction of sp³-hybridized carbons (Fsp3) is 0.417. The molecule has 0 aliphatic rings. The number of hydrogen-bond donors (Lipinski definition) is 1. The minimum absolute atomic E-state index is 0.0843. The molecular weight excluding hydrogens is 252 g/mol. The van der Waals surface area contributed by atoms with Gasteiger partial charge in [0.25, 0.3) is 5.69 Å². The first kappa shape index (κ1) is 15.1. The molecule has 0 heterocycles. The first-order valence-electron chi connectivity index (χ1n) is 5.72. The van der Waals surface area contributed by atoms with Gasteiger partial charge in [-0.25, -0.2) is 0 Å². The number of nitro groups is 1. The molecule has 1 N–H and O–H groups in total. The zero-order chi connectivity index (χ0) is 14.3. The van der Waals surface area contributed by atoms with E-state index in [4.69, 9.17) is 9.84 Å². The summed E-state index contributed by atoms with van der Waals surface area (Å²) in [6, 6.07) is 4.06. The van der Waals surface area contributed by atoms with Gasteiger partial charge in [-0.2, -0.15) is 0 Å². The number of hydrogen-bond acceptors (Lipinski definition) is 6. The number of carbonyl (C=O) groups is 1. The van der Waals surface area contributed by atoms with Crippen molar-refractivity contribution in [3.63, 3.8) is 0 Å². The third-order valence-electron chi connectivity index (χ3n) is 2.62. The summed E-state index contributed by atoms with van der Waals surface area (Å²) in [5.41, 5.74) is 0.631. The van der Waals surface area contributed by atoms with Crippen LogP contribution in [0.3, 0.4) is 0 Å². The molecule has 0 amide bonds. The van der Waals surface area contributed by atoms with Crippen LogP contribution >= 0.6 is 0 Å². The van der Waals surface area contributed by atoms with Crippen LogP contribution in [0.2, 0.25) is 0 Å². The Kier molecular flexibility index (Phi) is 5.91. The first-order chi connectivity index (χ1) is 9.13. The van der Waals surface area contributed by atoms with E-state index in [1.165, 1.54) is 18.2 Å². The van der Waals surface area contributed by atoms with Crippen LogP contribution in [0.5, 0.6) is 0 Å². The Balaban J connectivity index is 3.07. The molecule has 0 radical (unpaired) electrons. The zero-order valence-electron chi connectivity index (χ0n) is 10.6. The van der Waals surface area contributed by atoms with Gasteiger partial charge < -0.3 is 14.7 Å². The number of benzene rings is 1. The van der Waals surface area contributed by atoms with Crippen molar-refractivity contribution >= 4 is 17.7 Å². The molecule has 0 aliphatic heterocycles. The Hall–Kier alpha value is -1.99. The average molecular weight is 268 g/mol. The van der Waals surface area contributed by atoms with Gasteiger partial charge in [-0.1, -0.05) is 0 Å². The molecule has 0 atom stereocenters. The van der Waals surface area contributed by atoms with Crippen molar-refractivity contribution in [3.05, 3.63) is 33.9 Å². The van der Waals surface area contributed by atoms with Crippen LogP contribution in [-0.4, -0.2) is 49.7 Å². The van der Waals surface area contributed by atoms with E-state index in [0.717, 1.165) is 0 Å². The van der Waals surface area contributed by atoms with Crippen molar-refractivity contribution in [2.45, 2.75) is 0 Å². The molecule has 0 bridgehead atoms. The van der Waals surface area contributed by atoms with Crippen molar-refractivity contribution in [2.24, 2.45) is 0 Å². The highest BCUT2D eigenvalue weighted by atomic mass is 16.6. The molecule has 104 valence electrons. The molecule has 1 aromatic rings. The van der Waals surface area contributed by atoms with Gasteiger partial charge in [-0.15, -0.1) is 0 Å². The van der Waals surface area contributed by atoms with Crippen LogP contribution in [0.4, 0.5) is 11.4 Å². The van der Waals surface area contributed by atoms with Crippen molar-refractivity contribution in [1.82, 2.24) is 0 Å². The monoisotopic (exact) mass is 268 g/mol. The Labute approximate surface area is 110 Å². The van der Waals surface area contributed by atoms with E-state index in [-0.39, 0.29) is 17.9 Å². The summed E-state index contributed by atoms with van der Waals surface area (Å²) < 4.78 is 4.96. The molecule has 1 rings (SSSR count). The largest absolute Gasteiger partial charge is 0.395 e. The lowest BCUT2D eigenvalue weighted by Gasteiger charge is -2.24. The van der Waals surface area contributed by atoms with Crippen molar-refractivity contribution < 1.29 is 19.6 Å². The second kappa shape index (κ2) is 7.45. The topological polar surface area (TPSA) is 92.9 Å². The van der Waals surface area contributed by atoms with Crippen molar-refractivity contribution in [1.29, 1.82) is 0 Å². The number of anilines is 1. The second-order valence-electron chi connectivity index (χ2n) is 3.82. The van der Waals surface area contributed by atoms with E-state index < -0.39 is 4.92 Å². The number of ether oxygens (including phenoxy) is 1. The molecule has 0 spiro atoms. The van der Waals surface area contributed by atoms with E-state index in [9.17, 15) is 14.9 Å². The molecule has 0 saturated heterocycles. The number of aldehydes is 1. The highest BCUT2D eigenvalue weighted by molar-refractivity contribution is 5.86. The lowest BCUT2D eigenvalue weighted by atomic mass is 10.1. The molecule has 0 unspecified atom stereocenters. The second-order valence-corrected chi connectivity index (χ2v) is 3.82. The maximum atomic E-state index is 11.0. The number of carbonyl (C=O) groups excluding carboxylic acids is 1. The summed E-state index contributed by atoms with van der Waals surface area (Å²) >= 11 is 0. The normalized spacial score (nSPS) is 10.2. The van der Waals surface area contributed by atoms with Gasteiger partial charge in [0.2, 0.25) is 0 Å². The van der Waals surface area contributed by atoms with Gasteiger partial charge in [0.1, 0.15) is 0 Å². The van der Waals surface area contributed by atoms with Crippen LogP contribution < -0.4 is 4.90 Å². The first-order valence-corrected chi connectivity index (χ1v) is 5.72. The summed E-state index contributed by atoms with van der Waals surface area (Å²) in [4.78, 5) is 22.9. The summed E-state index contributed by atoms with van der Waals surface area (Å²) in [6.07, 6.45) is 0.569. The highest BCUT2D eigenvalue weighted by Crippen LogP contribution is 2.24. The van der Waals surface area contributed by atoms with Gasteiger partial charge >= 0.3 is 0 Å². The van der Waals surface area contributed by atoms with Crippen LogP contribution in [0.1, 0.15) is 10.4 Å². The number of methoxy groups -OCH3 is 1. The maximum Gasteiger partial charge on any atom is 0.270 e. The average Bonchev–Trinajstić information content (AvgIpc) is 2.42. The number of nitrogens with zero attached hydrogens (tertiary/aromatic N) is 2. The lowest BCUT2D eigenvalue weighted by Crippen LogP contribution is -2.31. The van der Waals surface area contributed by atoms with Crippen molar-refractivity contribution in [3.8, 4) is 0 Å². The fourth-order valence-electron chi connectivity index (χ4n) is 1.71. The maximum absolute atomic E-state index is 11.0. The smallest absolute Gasteiger partial charge is 0.270 e. The summed E-state index contributed by atoms with van der Waals surface area (Å²) in [7, 11) is 1.55.